The zero-order valence-corrected chi connectivity index (χ0v) is 13.4. The van der Waals surface area contributed by atoms with Crippen molar-refractivity contribution in [1.82, 2.24) is 20.2 Å². The molecule has 2 atom stereocenters. The number of nitrogens with zero attached hydrogens (tertiary/aromatic N) is 4. The first-order chi connectivity index (χ1) is 11.3. The van der Waals surface area contributed by atoms with Crippen molar-refractivity contribution in [2.24, 2.45) is 5.73 Å². The number of fused-ring (bicyclic) bond motifs is 2. The monoisotopic (exact) mass is 359 g/mol. The minimum atomic E-state index is -4.75. The van der Waals surface area contributed by atoms with Crippen molar-refractivity contribution >= 4 is 16.4 Å². The van der Waals surface area contributed by atoms with Gasteiger partial charge in [-0.25, -0.2) is 4.79 Å². The Morgan fingerprint density at radius 2 is 1.96 bits per heavy atom. The number of nitrogens with two attached hydrogens (primary N) is 1. The highest BCUT2D eigenvalue weighted by atomic mass is 32.3. The van der Waals surface area contributed by atoms with Gasteiger partial charge in [-0.2, -0.15) is 13.5 Å². The van der Waals surface area contributed by atoms with Crippen LogP contribution in [0.2, 0.25) is 0 Å². The van der Waals surface area contributed by atoms with Crippen LogP contribution >= 0.6 is 0 Å². The van der Waals surface area contributed by atoms with Crippen LogP contribution in [0, 0.1) is 0 Å². The summed E-state index contributed by atoms with van der Waals surface area (Å²) in [5.41, 5.74) is 5.76. The van der Waals surface area contributed by atoms with E-state index in [1.54, 1.807) is 0 Å². The zero-order chi connectivity index (χ0) is 17.1. The minimum absolute atomic E-state index is 0.159. The number of carbonyl (C=O) groups is 1. The predicted octanol–water partition coefficient (Wildman–Crippen LogP) is -0.0502. The third kappa shape index (κ3) is 2.64. The minimum Gasteiger partial charge on any atom is -0.423 e. The van der Waals surface area contributed by atoms with Gasteiger partial charge in [-0.3, -0.25) is 4.55 Å². The summed E-state index contributed by atoms with van der Waals surface area (Å²) < 4.78 is 40.7. The molecular formula is C12H17N5O6S. The van der Waals surface area contributed by atoms with Crippen molar-refractivity contribution in [2.75, 3.05) is 6.54 Å². The number of carbonyl (C=O) groups excluding carboxylic acids is 1. The number of hydrogen-bond donors (Lipinski definition) is 2. The van der Waals surface area contributed by atoms with Crippen LogP contribution in [0.1, 0.15) is 49.4 Å². The molecule has 2 bridgehead atoms. The summed E-state index contributed by atoms with van der Waals surface area (Å²) >= 11 is 0. The molecule has 3 heterocycles. The van der Waals surface area contributed by atoms with Crippen molar-refractivity contribution in [1.29, 1.82) is 0 Å². The van der Waals surface area contributed by atoms with Gasteiger partial charge >= 0.3 is 16.4 Å². The molecule has 1 saturated carbocycles. The first-order valence-corrected chi connectivity index (χ1v) is 9.04. The first kappa shape index (κ1) is 15.7. The highest BCUT2D eigenvalue weighted by Crippen LogP contribution is 2.40. The molecule has 0 unspecified atom stereocenters. The maximum absolute atomic E-state index is 12.3. The van der Waals surface area contributed by atoms with Crippen LogP contribution in [-0.4, -0.2) is 57.8 Å². The zero-order valence-electron chi connectivity index (χ0n) is 12.6. The average molecular weight is 359 g/mol. The van der Waals surface area contributed by atoms with Gasteiger partial charge in [0, 0.05) is 18.5 Å². The molecule has 1 aliphatic carbocycles. The summed E-state index contributed by atoms with van der Waals surface area (Å²) in [6, 6.07) is -1.36. The number of urea groups is 1. The molecule has 0 spiro atoms. The van der Waals surface area contributed by atoms with Crippen LogP contribution in [0.15, 0.2) is 4.42 Å². The fourth-order valence-corrected chi connectivity index (χ4v) is 3.89. The van der Waals surface area contributed by atoms with Gasteiger partial charge in [-0.05, 0) is 25.7 Å². The molecule has 4 rings (SSSR count). The summed E-state index contributed by atoms with van der Waals surface area (Å²) in [5.74, 6) is 1.00. The van der Waals surface area contributed by atoms with Gasteiger partial charge in [0.1, 0.15) is 6.04 Å². The molecule has 132 valence electrons. The van der Waals surface area contributed by atoms with E-state index in [0.29, 0.717) is 29.7 Å². The number of rotatable bonds is 4. The van der Waals surface area contributed by atoms with Crippen molar-refractivity contribution < 1.29 is 26.5 Å². The number of piperidine rings is 1. The maximum atomic E-state index is 12.3. The molecule has 3 aliphatic rings. The number of hydroxylamine groups is 2. The number of aromatic nitrogens is 2. The molecule has 2 saturated heterocycles. The summed E-state index contributed by atoms with van der Waals surface area (Å²) in [6.45, 7) is 0.269. The second-order valence-electron chi connectivity index (χ2n) is 6.42. The molecule has 24 heavy (non-hydrogen) atoms. The second-order valence-corrected chi connectivity index (χ2v) is 7.42. The van der Waals surface area contributed by atoms with Crippen molar-refractivity contribution in [2.45, 2.75) is 49.7 Å². The average Bonchev–Trinajstić information content (AvgIpc) is 3.04. The molecule has 2 aliphatic heterocycles. The highest BCUT2D eigenvalue weighted by molar-refractivity contribution is 7.80. The summed E-state index contributed by atoms with van der Waals surface area (Å²) in [6.07, 6.45) is 2.63. The van der Waals surface area contributed by atoms with E-state index in [4.69, 9.17) is 14.7 Å². The quantitative estimate of drug-likeness (QED) is 0.704. The van der Waals surface area contributed by atoms with Gasteiger partial charge in [0.05, 0.1) is 6.04 Å². The normalized spacial score (nSPS) is 33.0. The smallest absolute Gasteiger partial charge is 0.418 e. The predicted molar refractivity (Wildman–Crippen MR) is 76.6 cm³/mol. The molecule has 3 N–H and O–H groups in total. The van der Waals surface area contributed by atoms with Gasteiger partial charge in [-0.15, -0.1) is 14.5 Å². The molecule has 0 radical (unpaired) electrons. The summed E-state index contributed by atoms with van der Waals surface area (Å²) in [5, 5.41) is 8.78. The van der Waals surface area contributed by atoms with Gasteiger partial charge < -0.3 is 15.1 Å². The van der Waals surface area contributed by atoms with E-state index in [9.17, 15) is 13.2 Å². The molecule has 2 amide bonds. The van der Waals surface area contributed by atoms with Gasteiger partial charge in [0.2, 0.25) is 11.8 Å². The van der Waals surface area contributed by atoms with E-state index in [0.717, 1.165) is 12.8 Å². The Morgan fingerprint density at radius 3 is 2.62 bits per heavy atom. The molecule has 1 aromatic rings. The van der Waals surface area contributed by atoms with Crippen LogP contribution in [0.5, 0.6) is 0 Å². The van der Waals surface area contributed by atoms with Crippen LogP contribution < -0.4 is 5.73 Å². The van der Waals surface area contributed by atoms with Crippen molar-refractivity contribution in [3.63, 3.8) is 0 Å². The highest BCUT2D eigenvalue weighted by Gasteiger charge is 2.49. The van der Waals surface area contributed by atoms with Crippen LogP contribution in [-0.2, 0) is 14.7 Å². The first-order valence-electron chi connectivity index (χ1n) is 7.67. The van der Waals surface area contributed by atoms with Crippen LogP contribution in [0.4, 0.5) is 4.79 Å². The van der Waals surface area contributed by atoms with Crippen molar-refractivity contribution in [3.8, 4) is 0 Å². The van der Waals surface area contributed by atoms with E-state index >= 15 is 0 Å². The van der Waals surface area contributed by atoms with Crippen LogP contribution in [0.3, 0.4) is 0 Å². The summed E-state index contributed by atoms with van der Waals surface area (Å²) in [7, 11) is -4.75. The lowest BCUT2D eigenvalue weighted by Crippen LogP contribution is -2.35. The van der Waals surface area contributed by atoms with E-state index in [1.807, 2.05) is 0 Å². The lowest BCUT2D eigenvalue weighted by Gasteiger charge is -2.29. The largest absolute Gasteiger partial charge is 0.423 e. The van der Waals surface area contributed by atoms with Crippen molar-refractivity contribution in [3.05, 3.63) is 11.8 Å². The maximum Gasteiger partial charge on any atom is 0.418 e. The third-order valence-electron chi connectivity index (χ3n) is 4.76. The molecule has 12 heteroatoms. The van der Waals surface area contributed by atoms with E-state index in [-0.39, 0.29) is 18.5 Å². The van der Waals surface area contributed by atoms with E-state index in [1.165, 1.54) is 4.90 Å². The van der Waals surface area contributed by atoms with E-state index in [2.05, 4.69) is 14.5 Å². The van der Waals surface area contributed by atoms with Gasteiger partial charge in [0.25, 0.3) is 0 Å². The Bertz CT molecular complexity index is 760. The Balaban J connectivity index is 1.51. The van der Waals surface area contributed by atoms with Crippen LogP contribution in [0.25, 0.3) is 0 Å². The molecule has 3 fully saturated rings. The second kappa shape index (κ2) is 5.37. The Labute approximate surface area is 137 Å². The SMILES string of the molecule is NC1CC(c2nnc([C@@H]3CC[C@@H]4CN3C(=O)N4OS(=O)(=O)O)o2)C1. The molecule has 1 aromatic heterocycles. The summed E-state index contributed by atoms with van der Waals surface area (Å²) in [4.78, 5) is 13.8. The third-order valence-corrected chi connectivity index (χ3v) is 5.11. The lowest BCUT2D eigenvalue weighted by atomic mass is 9.81. The fraction of sp³-hybridized carbons (Fsp3) is 0.750. The molecule has 0 aromatic carbocycles. The topological polar surface area (TPSA) is 152 Å². The number of hydrogen-bond acceptors (Lipinski definition) is 8. The van der Waals surface area contributed by atoms with Gasteiger partial charge in [0.15, 0.2) is 0 Å². The Hall–Kier alpha value is -1.76. The lowest BCUT2D eigenvalue weighted by molar-refractivity contribution is -0.0317. The Morgan fingerprint density at radius 1 is 1.25 bits per heavy atom. The number of amides is 2. The van der Waals surface area contributed by atoms with E-state index < -0.39 is 28.5 Å². The van der Waals surface area contributed by atoms with Gasteiger partial charge in [-0.1, -0.05) is 0 Å². The standard InChI is InChI=1S/C12H17N5O6S/c13-7-3-6(4-7)10-14-15-11(22-10)9-2-1-8-5-16(9)12(18)17(8)23-24(19,20)21/h6-9H,1-5,13H2,(H,19,20,21)/t6?,7?,8-,9+/m1/s1. The molecular weight excluding hydrogens is 342 g/mol. The fourth-order valence-electron chi connectivity index (χ4n) is 3.50. The molecule has 11 nitrogen and oxygen atoms in total. The Kier molecular flexibility index (Phi) is 3.53.